The third-order valence-electron chi connectivity index (χ3n) is 4.82. The molecular formula is C22H24F2N4O5. The quantitative estimate of drug-likeness (QED) is 0.420. The highest BCUT2D eigenvalue weighted by molar-refractivity contribution is 5.51. The highest BCUT2D eigenvalue weighted by Gasteiger charge is 2.19. The second-order valence-electron chi connectivity index (χ2n) is 7.10. The second kappa shape index (κ2) is 10.8. The molecule has 0 unspecified atom stereocenters. The van der Waals surface area contributed by atoms with Crippen LogP contribution in [0.25, 0.3) is 0 Å². The number of hydrogen-bond acceptors (Lipinski definition) is 8. The minimum atomic E-state index is -1.04. The summed E-state index contributed by atoms with van der Waals surface area (Å²) in [5.74, 6) is -1.21. The highest BCUT2D eigenvalue weighted by atomic mass is 19.1. The molecule has 0 saturated heterocycles. The molecule has 9 nitrogen and oxygen atoms in total. The molecule has 33 heavy (non-hydrogen) atoms. The maximum atomic E-state index is 14.5. The Morgan fingerprint density at radius 1 is 1.21 bits per heavy atom. The molecule has 0 radical (unpaired) electrons. The van der Waals surface area contributed by atoms with Gasteiger partial charge >= 0.3 is 0 Å². The molecule has 0 aliphatic rings. The molecule has 0 spiro atoms. The van der Waals surface area contributed by atoms with Crippen molar-refractivity contribution in [1.29, 1.82) is 0 Å². The van der Waals surface area contributed by atoms with E-state index in [1.165, 1.54) is 42.4 Å². The summed E-state index contributed by atoms with van der Waals surface area (Å²) in [5, 5.41) is 21.2. The van der Waals surface area contributed by atoms with Crippen molar-refractivity contribution in [3.8, 4) is 11.5 Å². The van der Waals surface area contributed by atoms with Gasteiger partial charge in [0.2, 0.25) is 5.95 Å². The van der Waals surface area contributed by atoms with Crippen LogP contribution in [0.4, 0.5) is 20.4 Å². The monoisotopic (exact) mass is 462 g/mol. The molecular weight excluding hydrogens is 438 g/mol. The molecule has 3 aromatic rings. The second-order valence-corrected chi connectivity index (χ2v) is 7.10. The normalized spacial score (nSPS) is 11.8. The minimum absolute atomic E-state index is 0.0353. The summed E-state index contributed by atoms with van der Waals surface area (Å²) in [4.78, 5) is 20.2. The summed E-state index contributed by atoms with van der Waals surface area (Å²) in [6.45, 7) is 0.883. The van der Waals surface area contributed by atoms with Crippen LogP contribution in [0.15, 0.2) is 41.6 Å². The van der Waals surface area contributed by atoms with E-state index in [4.69, 9.17) is 14.6 Å². The van der Waals surface area contributed by atoms with Crippen molar-refractivity contribution in [3.05, 3.63) is 69.9 Å². The summed E-state index contributed by atoms with van der Waals surface area (Å²) < 4.78 is 40.7. The fraction of sp³-hybridized carbons (Fsp3) is 0.318. The van der Waals surface area contributed by atoms with Gasteiger partial charge in [-0.3, -0.25) is 4.79 Å². The van der Waals surface area contributed by atoms with Crippen molar-refractivity contribution in [2.45, 2.75) is 32.6 Å². The van der Waals surface area contributed by atoms with E-state index in [2.05, 4.69) is 15.3 Å². The third kappa shape index (κ3) is 5.82. The van der Waals surface area contributed by atoms with Crippen molar-refractivity contribution in [2.24, 2.45) is 0 Å². The van der Waals surface area contributed by atoms with E-state index in [1.54, 1.807) is 13.0 Å². The SMILES string of the molecule is CCc1cc(OC)c(F)c(COc2cnc(Nc3ccn(C[C@H](O)CO)c(=O)c3)nc2)c1F. The molecule has 176 valence electrons. The largest absolute Gasteiger partial charge is 0.494 e. The van der Waals surface area contributed by atoms with Crippen LogP contribution in [0.3, 0.4) is 0 Å². The van der Waals surface area contributed by atoms with Gasteiger partial charge in [-0.05, 0) is 24.1 Å². The predicted octanol–water partition coefficient (Wildman–Crippen LogP) is 2.16. The number of pyridine rings is 1. The van der Waals surface area contributed by atoms with Gasteiger partial charge in [-0.25, -0.2) is 18.7 Å². The number of aryl methyl sites for hydroxylation is 1. The van der Waals surface area contributed by atoms with Crippen LogP contribution in [0.1, 0.15) is 18.1 Å². The molecule has 0 bridgehead atoms. The number of nitrogens with one attached hydrogen (secondary N) is 1. The Balaban J connectivity index is 1.67. The summed E-state index contributed by atoms with van der Waals surface area (Å²) in [7, 11) is 1.31. The topological polar surface area (TPSA) is 119 Å². The zero-order valence-corrected chi connectivity index (χ0v) is 18.1. The molecule has 0 aliphatic carbocycles. The Hall–Kier alpha value is -3.57. The van der Waals surface area contributed by atoms with Crippen molar-refractivity contribution in [2.75, 3.05) is 19.0 Å². The fourth-order valence-electron chi connectivity index (χ4n) is 3.02. The molecule has 0 aliphatic heterocycles. The van der Waals surface area contributed by atoms with E-state index in [1.807, 2.05) is 0 Å². The molecule has 0 amide bonds. The van der Waals surface area contributed by atoms with E-state index in [-0.39, 0.29) is 41.7 Å². The summed E-state index contributed by atoms with van der Waals surface area (Å²) in [5.41, 5.74) is 0.0907. The van der Waals surface area contributed by atoms with Crippen LogP contribution < -0.4 is 20.3 Å². The maximum Gasteiger partial charge on any atom is 0.252 e. The number of anilines is 2. The van der Waals surface area contributed by atoms with Crippen molar-refractivity contribution in [1.82, 2.24) is 14.5 Å². The van der Waals surface area contributed by atoms with Gasteiger partial charge in [-0.2, -0.15) is 0 Å². The lowest BCUT2D eigenvalue weighted by Crippen LogP contribution is -2.27. The molecule has 3 N–H and O–H groups in total. The van der Waals surface area contributed by atoms with E-state index >= 15 is 0 Å². The lowest BCUT2D eigenvalue weighted by molar-refractivity contribution is 0.0804. The standard InChI is InChI=1S/C22H24F2N4O5/c1-3-13-6-18(32-2)21(24)17(20(13)23)12-33-16-8-25-22(26-9-16)27-14-4-5-28(19(31)7-14)10-15(30)11-29/h4-9,15,29-30H,3,10-12H2,1-2H3,(H,25,26,27)/t15-/m0/s1. The highest BCUT2D eigenvalue weighted by Crippen LogP contribution is 2.28. The molecule has 1 aromatic carbocycles. The zero-order valence-electron chi connectivity index (χ0n) is 18.1. The zero-order chi connectivity index (χ0) is 24.0. The minimum Gasteiger partial charge on any atom is -0.494 e. The van der Waals surface area contributed by atoms with Crippen LogP contribution in [-0.2, 0) is 19.6 Å². The molecule has 11 heteroatoms. The van der Waals surface area contributed by atoms with E-state index < -0.39 is 24.3 Å². The Bertz CT molecular complexity index is 1130. The first-order chi connectivity index (χ1) is 15.9. The van der Waals surface area contributed by atoms with Crippen LogP contribution in [0.5, 0.6) is 11.5 Å². The van der Waals surface area contributed by atoms with Crippen molar-refractivity contribution >= 4 is 11.6 Å². The summed E-state index contributed by atoms with van der Waals surface area (Å²) in [6, 6.07) is 4.20. The first kappa shape index (κ1) is 24.1. The van der Waals surface area contributed by atoms with Crippen molar-refractivity contribution < 1.29 is 28.5 Å². The molecule has 3 rings (SSSR count). The molecule has 2 aromatic heterocycles. The van der Waals surface area contributed by atoms with Crippen LogP contribution in [0, 0.1) is 11.6 Å². The number of aromatic nitrogens is 3. The van der Waals surface area contributed by atoms with Gasteiger partial charge in [-0.15, -0.1) is 0 Å². The number of aliphatic hydroxyl groups excluding tert-OH is 2. The Morgan fingerprint density at radius 2 is 1.94 bits per heavy atom. The van der Waals surface area contributed by atoms with Crippen LogP contribution in [0.2, 0.25) is 0 Å². The smallest absolute Gasteiger partial charge is 0.252 e. The van der Waals surface area contributed by atoms with E-state index in [9.17, 15) is 18.7 Å². The van der Waals surface area contributed by atoms with Gasteiger partial charge < -0.3 is 29.6 Å². The number of benzene rings is 1. The predicted molar refractivity (Wildman–Crippen MR) is 116 cm³/mol. The molecule has 0 saturated carbocycles. The van der Waals surface area contributed by atoms with Gasteiger partial charge in [0.25, 0.3) is 5.56 Å². The van der Waals surface area contributed by atoms with Gasteiger partial charge in [0.05, 0.1) is 44.3 Å². The summed E-state index contributed by atoms with van der Waals surface area (Å²) >= 11 is 0. The third-order valence-corrected chi connectivity index (χ3v) is 4.82. The average Bonchev–Trinajstić information content (AvgIpc) is 2.82. The van der Waals surface area contributed by atoms with E-state index in [0.717, 1.165) is 0 Å². The number of halogens is 2. The van der Waals surface area contributed by atoms with Gasteiger partial charge in [0, 0.05) is 18.0 Å². The number of aliphatic hydroxyl groups is 2. The van der Waals surface area contributed by atoms with Crippen LogP contribution in [-0.4, -0.2) is 44.6 Å². The number of ether oxygens (including phenoxy) is 2. The van der Waals surface area contributed by atoms with Gasteiger partial charge in [0.1, 0.15) is 12.4 Å². The first-order valence-corrected chi connectivity index (χ1v) is 10.1. The fourth-order valence-corrected chi connectivity index (χ4v) is 3.02. The number of rotatable bonds is 10. The Morgan fingerprint density at radius 3 is 2.55 bits per heavy atom. The molecule has 2 heterocycles. The Labute approximate surface area is 188 Å². The average molecular weight is 462 g/mol. The summed E-state index contributed by atoms with van der Waals surface area (Å²) in [6.07, 6.45) is 3.44. The van der Waals surface area contributed by atoms with Gasteiger partial charge in [-0.1, -0.05) is 6.92 Å². The molecule has 1 atom stereocenters. The van der Waals surface area contributed by atoms with E-state index in [0.29, 0.717) is 17.7 Å². The number of hydrogen-bond donors (Lipinski definition) is 3. The van der Waals surface area contributed by atoms with Gasteiger partial charge in [0.15, 0.2) is 17.3 Å². The Kier molecular flexibility index (Phi) is 7.91. The number of methoxy groups -OCH3 is 1. The lowest BCUT2D eigenvalue weighted by Gasteiger charge is -2.13. The van der Waals surface area contributed by atoms with Crippen molar-refractivity contribution in [3.63, 3.8) is 0 Å². The maximum absolute atomic E-state index is 14.5. The lowest BCUT2D eigenvalue weighted by atomic mass is 10.1. The number of nitrogens with zero attached hydrogens (tertiary/aromatic N) is 3. The molecule has 0 fully saturated rings. The first-order valence-electron chi connectivity index (χ1n) is 10.1. The van der Waals surface area contributed by atoms with Crippen LogP contribution >= 0.6 is 0 Å².